The number of furan rings is 1. The highest BCUT2D eigenvalue weighted by atomic mass is 16.5. The van der Waals surface area contributed by atoms with E-state index in [4.69, 9.17) is 13.9 Å². The monoisotopic (exact) mass is 769 g/mol. The fourth-order valence-electron chi connectivity index (χ4n) is 9.08. The van der Waals surface area contributed by atoms with E-state index in [9.17, 15) is 0 Å². The highest BCUT2D eigenvalue weighted by Gasteiger charge is 2.35. The van der Waals surface area contributed by atoms with Crippen LogP contribution in [0.1, 0.15) is 73.9 Å². The zero-order valence-corrected chi connectivity index (χ0v) is 34.2. The number of anilines is 2. The lowest BCUT2D eigenvalue weighted by molar-refractivity contribution is 0.417. The quantitative estimate of drug-likeness (QED) is 0.194. The van der Waals surface area contributed by atoms with Crippen LogP contribution in [0.5, 0.6) is 23.0 Å². The number of aryl methyl sites for hydroxylation is 1. The van der Waals surface area contributed by atoms with Crippen LogP contribution in [0.25, 0.3) is 38.6 Å². The molecule has 7 aromatic carbocycles. The molecule has 3 aliphatic rings. The number of ether oxygens (including phenoxy) is 2. The summed E-state index contributed by atoms with van der Waals surface area (Å²) in [5, 5.41) is 6.02. The predicted molar refractivity (Wildman–Crippen MR) is 244 cm³/mol. The lowest BCUT2D eigenvalue weighted by atomic mass is 9.75. The van der Waals surface area contributed by atoms with Crippen molar-refractivity contribution in [3.05, 3.63) is 197 Å². The van der Waals surface area contributed by atoms with Crippen LogP contribution < -0.4 is 14.8 Å². The smallest absolute Gasteiger partial charge is 0.143 e. The molecule has 3 heterocycles. The Bertz CT molecular complexity index is 2990. The van der Waals surface area contributed by atoms with E-state index < -0.39 is 0 Å². The second kappa shape index (κ2) is 14.2. The third-order valence-electron chi connectivity index (χ3n) is 12.3. The molecule has 0 spiro atoms. The summed E-state index contributed by atoms with van der Waals surface area (Å²) in [6, 6.07) is 51.0. The van der Waals surface area contributed by atoms with Gasteiger partial charge in [0.25, 0.3) is 0 Å². The fraction of sp³-hybridized carbons (Fsp3) is 0.164. The second-order valence-electron chi connectivity index (χ2n) is 17.0. The minimum Gasteiger partial charge on any atom is -0.457 e. The van der Waals surface area contributed by atoms with Crippen molar-refractivity contribution in [3.63, 3.8) is 0 Å². The molecule has 4 nitrogen and oxygen atoms in total. The molecular formula is C55H47NO3. The molecule has 59 heavy (non-hydrogen) atoms. The van der Waals surface area contributed by atoms with Crippen molar-refractivity contribution in [2.24, 2.45) is 0 Å². The summed E-state index contributed by atoms with van der Waals surface area (Å²) in [5.41, 5.74) is 14.5. The van der Waals surface area contributed by atoms with Crippen LogP contribution >= 0.6 is 0 Å². The SMILES string of the molecule is CC1(C)c2ccccc2Oc2ccc(Nc3cc(C4=CCCC=C4)cc(-c4cccc5c4oc4ccccc45)c3)cc21.Cc1ccc2c(c1)Oc1ccccc1C2(C)C. The van der Waals surface area contributed by atoms with Crippen molar-refractivity contribution < 1.29 is 13.9 Å². The zero-order valence-electron chi connectivity index (χ0n) is 34.2. The minimum atomic E-state index is -0.177. The van der Waals surface area contributed by atoms with Gasteiger partial charge in [-0.15, -0.1) is 0 Å². The highest BCUT2D eigenvalue weighted by Crippen LogP contribution is 2.50. The van der Waals surface area contributed by atoms with E-state index in [2.05, 4.69) is 173 Å². The molecule has 0 bridgehead atoms. The van der Waals surface area contributed by atoms with Crippen LogP contribution in [0.4, 0.5) is 11.4 Å². The third kappa shape index (κ3) is 6.50. The maximum atomic E-state index is 6.43. The molecule has 1 aromatic heterocycles. The lowest BCUT2D eigenvalue weighted by Crippen LogP contribution is -2.24. The van der Waals surface area contributed by atoms with E-state index in [0.29, 0.717) is 0 Å². The summed E-state index contributed by atoms with van der Waals surface area (Å²) in [6.07, 6.45) is 8.98. The molecule has 8 aromatic rings. The fourth-order valence-corrected chi connectivity index (χ4v) is 9.08. The molecule has 0 saturated heterocycles. The number of benzene rings is 7. The van der Waals surface area contributed by atoms with Crippen LogP contribution in [0, 0.1) is 6.92 Å². The molecular weight excluding hydrogens is 723 g/mol. The Labute approximate surface area is 346 Å². The Morgan fingerprint density at radius 3 is 1.95 bits per heavy atom. The number of nitrogens with one attached hydrogen (secondary N) is 1. The van der Waals surface area contributed by atoms with Gasteiger partial charge in [0.1, 0.15) is 34.2 Å². The normalized spacial score (nSPS) is 15.3. The van der Waals surface area contributed by atoms with Gasteiger partial charge in [0.05, 0.1) is 0 Å². The molecule has 0 radical (unpaired) electrons. The summed E-state index contributed by atoms with van der Waals surface area (Å²) in [5.74, 6) is 3.82. The first-order valence-corrected chi connectivity index (χ1v) is 20.6. The molecule has 0 amide bonds. The van der Waals surface area contributed by atoms with Crippen molar-refractivity contribution in [2.75, 3.05) is 5.32 Å². The molecule has 0 atom stereocenters. The molecule has 1 N–H and O–H groups in total. The van der Waals surface area contributed by atoms with Gasteiger partial charge in [-0.25, -0.2) is 0 Å². The number of rotatable bonds is 4. The van der Waals surface area contributed by atoms with Crippen molar-refractivity contribution >= 4 is 38.9 Å². The Balaban J connectivity index is 0.000000206. The maximum absolute atomic E-state index is 6.43. The number of fused-ring (bicyclic) bond motifs is 7. The van der Waals surface area contributed by atoms with Crippen LogP contribution in [0.3, 0.4) is 0 Å². The van der Waals surface area contributed by atoms with E-state index >= 15 is 0 Å². The van der Waals surface area contributed by atoms with E-state index in [0.717, 1.165) is 80.3 Å². The minimum absolute atomic E-state index is 0.0118. The summed E-state index contributed by atoms with van der Waals surface area (Å²) in [6.45, 7) is 11.1. The standard InChI is InChI=1S/C39H31NO2.C16H16O/c1-39(2)33-16-7-9-18-36(33)41-37-20-19-28(24-34(37)39)40-29-22-26(25-11-4-3-5-12-25)21-27(23-29)30-14-10-15-32-31-13-6-8-17-35(31)42-38(30)32;1-11-8-9-13-15(10-11)17-14-7-5-4-6-12(14)16(13,2)3/h4,6-24,40H,3,5H2,1-2H3;4-10H,1-3H3. The molecule has 4 heteroatoms. The Kier molecular flexibility index (Phi) is 8.83. The summed E-state index contributed by atoms with van der Waals surface area (Å²) < 4.78 is 18.7. The molecule has 0 unspecified atom stereocenters. The maximum Gasteiger partial charge on any atom is 0.143 e. The number of hydrogen-bond acceptors (Lipinski definition) is 4. The van der Waals surface area contributed by atoms with Gasteiger partial charge in [-0.05, 0) is 103 Å². The first kappa shape index (κ1) is 36.6. The van der Waals surface area contributed by atoms with Gasteiger partial charge in [0.15, 0.2) is 0 Å². The van der Waals surface area contributed by atoms with Crippen molar-refractivity contribution in [1.82, 2.24) is 0 Å². The second-order valence-corrected chi connectivity index (χ2v) is 17.0. The van der Waals surface area contributed by atoms with E-state index in [-0.39, 0.29) is 10.8 Å². The van der Waals surface area contributed by atoms with Crippen molar-refractivity contribution in [2.45, 2.75) is 58.3 Å². The summed E-state index contributed by atoms with van der Waals surface area (Å²) >= 11 is 0. The third-order valence-corrected chi connectivity index (χ3v) is 12.3. The van der Waals surface area contributed by atoms with Gasteiger partial charge in [-0.2, -0.15) is 0 Å². The number of hydrogen-bond donors (Lipinski definition) is 1. The average Bonchev–Trinajstić information content (AvgIpc) is 3.63. The van der Waals surface area contributed by atoms with Gasteiger partial charge < -0.3 is 19.2 Å². The topological polar surface area (TPSA) is 43.6 Å². The van der Waals surface area contributed by atoms with Crippen LogP contribution in [-0.2, 0) is 10.8 Å². The van der Waals surface area contributed by atoms with Crippen LogP contribution in [0.2, 0.25) is 0 Å². The van der Waals surface area contributed by atoms with Crippen molar-refractivity contribution in [1.29, 1.82) is 0 Å². The van der Waals surface area contributed by atoms with Gasteiger partial charge in [0.2, 0.25) is 0 Å². The molecule has 2 aliphatic heterocycles. The van der Waals surface area contributed by atoms with Crippen molar-refractivity contribution in [3.8, 4) is 34.1 Å². The zero-order chi connectivity index (χ0) is 40.3. The lowest BCUT2D eigenvalue weighted by Gasteiger charge is -2.34. The molecule has 11 rings (SSSR count). The summed E-state index contributed by atoms with van der Waals surface area (Å²) in [7, 11) is 0. The average molecular weight is 770 g/mol. The largest absolute Gasteiger partial charge is 0.457 e. The van der Waals surface area contributed by atoms with Gasteiger partial charge in [-0.1, -0.05) is 131 Å². The van der Waals surface area contributed by atoms with E-state index in [1.807, 2.05) is 30.3 Å². The summed E-state index contributed by atoms with van der Waals surface area (Å²) in [4.78, 5) is 0. The molecule has 290 valence electrons. The first-order valence-electron chi connectivity index (χ1n) is 20.6. The van der Waals surface area contributed by atoms with E-state index in [1.54, 1.807) is 0 Å². The Morgan fingerprint density at radius 1 is 0.508 bits per heavy atom. The Hall–Kier alpha value is -6.78. The molecule has 0 fully saturated rings. The number of allylic oxidation sites excluding steroid dienone is 4. The highest BCUT2D eigenvalue weighted by molar-refractivity contribution is 6.09. The molecule has 1 aliphatic carbocycles. The molecule has 0 saturated carbocycles. The van der Waals surface area contributed by atoms with Gasteiger partial charge in [0, 0.05) is 60.8 Å². The Morgan fingerprint density at radius 2 is 1.17 bits per heavy atom. The number of para-hydroxylation sites is 4. The van der Waals surface area contributed by atoms with E-state index in [1.165, 1.54) is 39.0 Å². The van der Waals surface area contributed by atoms with Crippen LogP contribution in [-0.4, -0.2) is 0 Å². The van der Waals surface area contributed by atoms with Gasteiger partial charge >= 0.3 is 0 Å². The first-order chi connectivity index (χ1) is 28.6. The van der Waals surface area contributed by atoms with Gasteiger partial charge in [-0.3, -0.25) is 0 Å². The van der Waals surface area contributed by atoms with Crippen LogP contribution in [0.15, 0.2) is 168 Å². The predicted octanol–water partition coefficient (Wildman–Crippen LogP) is 15.6.